The maximum atomic E-state index is 12.4. The first kappa shape index (κ1) is 21.1. The first-order chi connectivity index (χ1) is 13.5. The maximum Gasteiger partial charge on any atom is 0.224 e. The number of carbonyl (C=O) groups excluding carboxylic acids is 1. The Bertz CT molecular complexity index is 832. The lowest BCUT2D eigenvalue weighted by Gasteiger charge is -2.26. The van der Waals surface area contributed by atoms with Crippen LogP contribution in [0, 0.1) is 13.8 Å². The summed E-state index contributed by atoms with van der Waals surface area (Å²) in [5.74, 6) is 0.0156. The fraction of sp³-hybridized carbons (Fsp3) is 0.500. The number of nitrogens with one attached hydrogen (secondary N) is 1. The minimum Gasteiger partial charge on any atom is -0.379 e. The summed E-state index contributed by atoms with van der Waals surface area (Å²) in [4.78, 5) is 14.8. The third kappa shape index (κ3) is 5.26. The van der Waals surface area contributed by atoms with Crippen LogP contribution in [-0.4, -0.2) is 60.0 Å². The highest BCUT2D eigenvalue weighted by molar-refractivity contribution is 6.42. The van der Waals surface area contributed by atoms with Gasteiger partial charge in [0.05, 0.1) is 41.1 Å². The third-order valence-corrected chi connectivity index (χ3v) is 5.74. The maximum absolute atomic E-state index is 12.4. The molecule has 3 rings (SSSR count). The highest BCUT2D eigenvalue weighted by atomic mass is 35.5. The molecule has 1 amide bonds. The molecule has 0 bridgehead atoms. The molecule has 2 heterocycles. The van der Waals surface area contributed by atoms with Gasteiger partial charge in [-0.3, -0.25) is 9.69 Å². The second-order valence-electron chi connectivity index (χ2n) is 6.99. The van der Waals surface area contributed by atoms with E-state index >= 15 is 0 Å². The Balaban J connectivity index is 1.55. The van der Waals surface area contributed by atoms with Crippen LogP contribution < -0.4 is 5.32 Å². The van der Waals surface area contributed by atoms with Crippen LogP contribution in [0.5, 0.6) is 0 Å². The SMILES string of the molecule is Cc1nn(-c2ccc(Cl)c(Cl)c2)c(C)c1CC(=O)NCCCN1CCOCC1. The molecule has 0 atom stereocenters. The molecular weight excluding hydrogens is 399 g/mol. The molecule has 1 aliphatic rings. The highest BCUT2D eigenvalue weighted by Gasteiger charge is 2.16. The largest absolute Gasteiger partial charge is 0.379 e. The minimum absolute atomic E-state index is 0.0156. The second kappa shape index (κ2) is 9.74. The van der Waals surface area contributed by atoms with E-state index in [1.807, 2.05) is 19.9 Å². The smallest absolute Gasteiger partial charge is 0.224 e. The molecule has 1 aliphatic heterocycles. The topological polar surface area (TPSA) is 59.4 Å². The predicted octanol–water partition coefficient (Wildman–Crippen LogP) is 3.18. The number of halogens is 2. The molecule has 0 aliphatic carbocycles. The number of morpholine rings is 1. The summed E-state index contributed by atoms with van der Waals surface area (Å²) in [7, 11) is 0. The van der Waals surface area contributed by atoms with Gasteiger partial charge in [-0.05, 0) is 45.0 Å². The Morgan fingerprint density at radius 3 is 2.68 bits per heavy atom. The van der Waals surface area contributed by atoms with Crippen molar-refractivity contribution in [3.8, 4) is 5.69 Å². The predicted molar refractivity (Wildman–Crippen MR) is 112 cm³/mol. The molecule has 1 saturated heterocycles. The van der Waals surface area contributed by atoms with E-state index in [1.54, 1.807) is 16.8 Å². The fourth-order valence-electron chi connectivity index (χ4n) is 3.38. The molecule has 1 aromatic heterocycles. The van der Waals surface area contributed by atoms with Crippen molar-refractivity contribution >= 4 is 29.1 Å². The van der Waals surface area contributed by atoms with Crippen LogP contribution in [0.3, 0.4) is 0 Å². The van der Waals surface area contributed by atoms with Crippen LogP contribution in [0.1, 0.15) is 23.4 Å². The number of amides is 1. The third-order valence-electron chi connectivity index (χ3n) is 5.00. The lowest BCUT2D eigenvalue weighted by atomic mass is 10.1. The average Bonchev–Trinajstić information content (AvgIpc) is 2.96. The van der Waals surface area contributed by atoms with E-state index < -0.39 is 0 Å². The van der Waals surface area contributed by atoms with Crippen molar-refractivity contribution < 1.29 is 9.53 Å². The zero-order valence-electron chi connectivity index (χ0n) is 16.3. The lowest BCUT2D eigenvalue weighted by Crippen LogP contribution is -2.38. The van der Waals surface area contributed by atoms with Crippen molar-refractivity contribution in [1.29, 1.82) is 0 Å². The lowest BCUT2D eigenvalue weighted by molar-refractivity contribution is -0.120. The van der Waals surface area contributed by atoms with Crippen LogP contribution >= 0.6 is 23.2 Å². The molecule has 6 nitrogen and oxygen atoms in total. The van der Waals surface area contributed by atoms with Crippen LogP contribution in [-0.2, 0) is 16.0 Å². The summed E-state index contributed by atoms with van der Waals surface area (Å²) in [6, 6.07) is 5.39. The summed E-state index contributed by atoms with van der Waals surface area (Å²) in [5.41, 5.74) is 3.54. The van der Waals surface area contributed by atoms with E-state index in [2.05, 4.69) is 15.3 Å². The van der Waals surface area contributed by atoms with E-state index in [9.17, 15) is 4.79 Å². The quantitative estimate of drug-likeness (QED) is 0.693. The van der Waals surface area contributed by atoms with Crippen LogP contribution in [0.25, 0.3) is 5.69 Å². The van der Waals surface area contributed by atoms with Gasteiger partial charge in [0.15, 0.2) is 0 Å². The summed E-state index contributed by atoms with van der Waals surface area (Å²) in [6.07, 6.45) is 1.25. The summed E-state index contributed by atoms with van der Waals surface area (Å²) >= 11 is 12.1. The molecule has 0 radical (unpaired) electrons. The van der Waals surface area contributed by atoms with Gasteiger partial charge in [0.25, 0.3) is 0 Å². The van der Waals surface area contributed by atoms with E-state index in [-0.39, 0.29) is 5.91 Å². The molecule has 152 valence electrons. The number of aromatic nitrogens is 2. The van der Waals surface area contributed by atoms with Gasteiger partial charge in [-0.25, -0.2) is 4.68 Å². The average molecular weight is 425 g/mol. The van der Waals surface area contributed by atoms with Crippen molar-refractivity contribution in [1.82, 2.24) is 20.0 Å². The molecule has 8 heteroatoms. The Kier molecular flexibility index (Phi) is 7.35. The van der Waals surface area contributed by atoms with Gasteiger partial charge in [0, 0.05) is 30.9 Å². The Morgan fingerprint density at radius 2 is 1.96 bits per heavy atom. The Morgan fingerprint density at radius 1 is 1.21 bits per heavy atom. The first-order valence-corrected chi connectivity index (χ1v) is 10.3. The van der Waals surface area contributed by atoms with Gasteiger partial charge >= 0.3 is 0 Å². The van der Waals surface area contributed by atoms with Crippen LogP contribution in [0.4, 0.5) is 0 Å². The molecule has 0 spiro atoms. The minimum atomic E-state index is 0.0156. The number of benzene rings is 1. The number of aryl methyl sites for hydroxylation is 1. The summed E-state index contributed by atoms with van der Waals surface area (Å²) in [5, 5.41) is 8.58. The number of carbonyl (C=O) groups is 1. The molecule has 28 heavy (non-hydrogen) atoms. The number of nitrogens with zero attached hydrogens (tertiary/aromatic N) is 3. The Labute approximate surface area is 175 Å². The van der Waals surface area contributed by atoms with Gasteiger partial charge in [0.2, 0.25) is 5.91 Å². The standard InChI is InChI=1S/C20H26Cl2N4O2/c1-14-17(13-20(27)23-6-3-7-25-8-10-28-11-9-25)15(2)26(24-14)16-4-5-18(21)19(22)12-16/h4-5,12H,3,6-11,13H2,1-2H3,(H,23,27). The van der Waals surface area contributed by atoms with Crippen molar-refractivity contribution in [2.45, 2.75) is 26.7 Å². The van der Waals surface area contributed by atoms with Crippen molar-refractivity contribution in [2.75, 3.05) is 39.4 Å². The van der Waals surface area contributed by atoms with Crippen molar-refractivity contribution in [2.24, 2.45) is 0 Å². The number of hydrogen-bond donors (Lipinski definition) is 1. The molecule has 1 N–H and O–H groups in total. The number of hydrogen-bond acceptors (Lipinski definition) is 4. The molecule has 0 saturated carbocycles. The zero-order chi connectivity index (χ0) is 20.1. The molecule has 0 unspecified atom stereocenters. The fourth-order valence-corrected chi connectivity index (χ4v) is 3.67. The molecule has 1 aromatic carbocycles. The summed E-state index contributed by atoms with van der Waals surface area (Å²) < 4.78 is 7.15. The van der Waals surface area contributed by atoms with E-state index in [0.29, 0.717) is 23.0 Å². The van der Waals surface area contributed by atoms with Gasteiger partial charge in [-0.1, -0.05) is 23.2 Å². The molecule has 1 fully saturated rings. The van der Waals surface area contributed by atoms with Gasteiger partial charge in [-0.2, -0.15) is 5.10 Å². The zero-order valence-corrected chi connectivity index (χ0v) is 17.8. The van der Waals surface area contributed by atoms with Gasteiger partial charge in [-0.15, -0.1) is 0 Å². The monoisotopic (exact) mass is 424 g/mol. The van der Waals surface area contributed by atoms with E-state index in [4.69, 9.17) is 27.9 Å². The van der Waals surface area contributed by atoms with Crippen molar-refractivity contribution in [3.63, 3.8) is 0 Å². The Hall–Kier alpha value is -1.60. The first-order valence-electron chi connectivity index (χ1n) is 9.53. The van der Waals surface area contributed by atoms with Crippen LogP contribution in [0.15, 0.2) is 18.2 Å². The number of ether oxygens (including phenoxy) is 1. The highest BCUT2D eigenvalue weighted by Crippen LogP contribution is 2.26. The molecular formula is C20H26Cl2N4O2. The summed E-state index contributed by atoms with van der Waals surface area (Å²) in [6.45, 7) is 9.08. The molecule has 2 aromatic rings. The van der Waals surface area contributed by atoms with Gasteiger partial charge in [0.1, 0.15) is 0 Å². The second-order valence-corrected chi connectivity index (χ2v) is 7.81. The van der Waals surface area contributed by atoms with Crippen molar-refractivity contribution in [3.05, 3.63) is 45.2 Å². The number of rotatable bonds is 7. The van der Waals surface area contributed by atoms with Crippen LogP contribution in [0.2, 0.25) is 10.0 Å². The van der Waals surface area contributed by atoms with Gasteiger partial charge < -0.3 is 10.1 Å². The van der Waals surface area contributed by atoms with E-state index in [1.165, 1.54) is 0 Å². The van der Waals surface area contributed by atoms with E-state index in [0.717, 1.165) is 61.9 Å². The normalized spacial score (nSPS) is 15.0.